The third-order valence-corrected chi connectivity index (χ3v) is 4.98. The smallest absolute Gasteiger partial charge is 0.255 e. The predicted molar refractivity (Wildman–Crippen MR) is 84.1 cm³/mol. The summed E-state index contributed by atoms with van der Waals surface area (Å²) >= 11 is 0. The van der Waals surface area contributed by atoms with Crippen LogP contribution in [0.25, 0.3) is 0 Å². The summed E-state index contributed by atoms with van der Waals surface area (Å²) in [6.07, 6.45) is 1.70. The SMILES string of the molecule is O=C(Nc1ccccc1F)c1ccc(S(=O)(=O)NC2CC2)cc1. The fraction of sp³-hybridized carbons (Fsp3) is 0.188. The molecule has 2 N–H and O–H groups in total. The third kappa shape index (κ3) is 3.75. The van der Waals surface area contributed by atoms with Crippen LogP contribution in [0.3, 0.4) is 0 Å². The molecule has 1 aliphatic carbocycles. The highest BCUT2D eigenvalue weighted by molar-refractivity contribution is 7.89. The lowest BCUT2D eigenvalue weighted by atomic mass is 10.2. The Balaban J connectivity index is 1.74. The average molecular weight is 334 g/mol. The van der Waals surface area contributed by atoms with Gasteiger partial charge in [0.25, 0.3) is 5.91 Å². The zero-order valence-corrected chi connectivity index (χ0v) is 12.9. The van der Waals surface area contributed by atoms with Crippen LogP contribution in [0.1, 0.15) is 23.2 Å². The summed E-state index contributed by atoms with van der Waals surface area (Å²) in [5, 5.41) is 2.45. The number of rotatable bonds is 5. The van der Waals surface area contributed by atoms with Crippen LogP contribution in [0.5, 0.6) is 0 Å². The second-order valence-corrected chi connectivity index (χ2v) is 7.07. The normalized spacial score (nSPS) is 14.5. The summed E-state index contributed by atoms with van der Waals surface area (Å²) in [6.45, 7) is 0. The maximum atomic E-state index is 13.5. The number of carbonyl (C=O) groups excluding carboxylic acids is 1. The van der Waals surface area contributed by atoms with E-state index in [0.29, 0.717) is 0 Å². The number of halogens is 1. The van der Waals surface area contributed by atoms with Crippen molar-refractivity contribution >= 4 is 21.6 Å². The second kappa shape index (κ2) is 6.10. The molecule has 0 atom stereocenters. The molecule has 0 spiro atoms. The van der Waals surface area contributed by atoms with Crippen molar-refractivity contribution in [2.45, 2.75) is 23.8 Å². The molecule has 23 heavy (non-hydrogen) atoms. The van der Waals surface area contributed by atoms with E-state index in [0.717, 1.165) is 12.8 Å². The molecule has 1 saturated carbocycles. The molecule has 7 heteroatoms. The number of sulfonamides is 1. The Labute approximate surface area is 133 Å². The molecule has 2 aromatic rings. The van der Waals surface area contributed by atoms with Crippen LogP contribution >= 0.6 is 0 Å². The topological polar surface area (TPSA) is 75.3 Å². The van der Waals surface area contributed by atoms with Gasteiger partial charge in [0.2, 0.25) is 10.0 Å². The zero-order chi connectivity index (χ0) is 16.4. The molecule has 1 fully saturated rings. The van der Waals surface area contributed by atoms with Gasteiger partial charge in [-0.3, -0.25) is 4.79 Å². The van der Waals surface area contributed by atoms with Crippen LogP contribution in [0.2, 0.25) is 0 Å². The standard InChI is InChI=1S/C16H15FN2O3S/c17-14-3-1-2-4-15(14)18-16(20)11-5-9-13(10-6-11)23(21,22)19-12-7-8-12/h1-6,9-10,12,19H,7-8H2,(H,18,20). The monoisotopic (exact) mass is 334 g/mol. The van der Waals surface area contributed by atoms with Crippen molar-refractivity contribution in [3.63, 3.8) is 0 Å². The van der Waals surface area contributed by atoms with Crippen molar-refractivity contribution in [2.75, 3.05) is 5.32 Å². The molecular formula is C16H15FN2O3S. The Morgan fingerprint density at radius 1 is 1.04 bits per heavy atom. The van der Waals surface area contributed by atoms with E-state index < -0.39 is 21.7 Å². The first-order chi connectivity index (χ1) is 11.0. The van der Waals surface area contributed by atoms with Crippen molar-refractivity contribution in [3.05, 3.63) is 59.9 Å². The number of anilines is 1. The number of hydrogen-bond donors (Lipinski definition) is 2. The molecule has 0 unspecified atom stereocenters. The number of hydrogen-bond acceptors (Lipinski definition) is 3. The number of benzene rings is 2. The number of amides is 1. The number of carbonyl (C=O) groups is 1. The largest absolute Gasteiger partial charge is 0.319 e. The maximum Gasteiger partial charge on any atom is 0.255 e. The van der Waals surface area contributed by atoms with Crippen LogP contribution in [-0.2, 0) is 10.0 Å². The Kier molecular flexibility index (Phi) is 4.14. The molecule has 5 nitrogen and oxygen atoms in total. The summed E-state index contributed by atoms with van der Waals surface area (Å²) in [5.41, 5.74) is 0.322. The van der Waals surface area contributed by atoms with Crippen LogP contribution in [0.4, 0.5) is 10.1 Å². The highest BCUT2D eigenvalue weighted by Crippen LogP contribution is 2.22. The molecule has 0 saturated heterocycles. The van der Waals surface area contributed by atoms with Gasteiger partial charge >= 0.3 is 0 Å². The average Bonchev–Trinajstić information content (AvgIpc) is 3.33. The summed E-state index contributed by atoms with van der Waals surface area (Å²) in [5.74, 6) is -1.04. The Hall–Kier alpha value is -2.25. The van der Waals surface area contributed by atoms with Crippen molar-refractivity contribution < 1.29 is 17.6 Å². The Morgan fingerprint density at radius 2 is 1.70 bits per heavy atom. The lowest BCUT2D eigenvalue weighted by Gasteiger charge is -2.08. The van der Waals surface area contributed by atoms with Gasteiger partial charge in [-0.1, -0.05) is 12.1 Å². The Morgan fingerprint density at radius 3 is 2.30 bits per heavy atom. The van der Waals surface area contributed by atoms with E-state index in [1.54, 1.807) is 6.07 Å². The molecule has 0 heterocycles. The van der Waals surface area contributed by atoms with Gasteiger partial charge in [-0.2, -0.15) is 0 Å². The van der Waals surface area contributed by atoms with E-state index in [-0.39, 0.29) is 22.2 Å². The van der Waals surface area contributed by atoms with E-state index in [4.69, 9.17) is 0 Å². The number of nitrogens with one attached hydrogen (secondary N) is 2. The van der Waals surface area contributed by atoms with Crippen LogP contribution in [-0.4, -0.2) is 20.4 Å². The molecule has 2 aromatic carbocycles. The van der Waals surface area contributed by atoms with E-state index in [1.807, 2.05) is 0 Å². The molecule has 120 valence electrons. The van der Waals surface area contributed by atoms with Crippen molar-refractivity contribution in [3.8, 4) is 0 Å². The molecule has 3 rings (SSSR count). The van der Waals surface area contributed by atoms with Crippen molar-refractivity contribution in [1.29, 1.82) is 0 Å². The van der Waals surface area contributed by atoms with Gasteiger partial charge < -0.3 is 5.32 Å². The van der Waals surface area contributed by atoms with E-state index in [2.05, 4.69) is 10.0 Å². The lowest BCUT2D eigenvalue weighted by Crippen LogP contribution is -2.25. The molecule has 1 amide bonds. The quantitative estimate of drug-likeness (QED) is 0.882. The highest BCUT2D eigenvalue weighted by Gasteiger charge is 2.27. The molecule has 0 bridgehead atoms. The first-order valence-electron chi connectivity index (χ1n) is 7.14. The fourth-order valence-electron chi connectivity index (χ4n) is 2.03. The van der Waals surface area contributed by atoms with E-state index in [9.17, 15) is 17.6 Å². The molecule has 1 aliphatic rings. The maximum absolute atomic E-state index is 13.5. The zero-order valence-electron chi connectivity index (χ0n) is 12.1. The van der Waals surface area contributed by atoms with Crippen molar-refractivity contribution in [1.82, 2.24) is 4.72 Å². The summed E-state index contributed by atoms with van der Waals surface area (Å²) in [4.78, 5) is 12.2. The minimum Gasteiger partial charge on any atom is -0.319 e. The van der Waals surface area contributed by atoms with Crippen LogP contribution < -0.4 is 10.0 Å². The molecular weight excluding hydrogens is 319 g/mol. The van der Waals surface area contributed by atoms with Gasteiger partial charge in [-0.05, 0) is 49.2 Å². The van der Waals surface area contributed by atoms with Gasteiger partial charge in [-0.15, -0.1) is 0 Å². The first kappa shape index (κ1) is 15.6. The minimum absolute atomic E-state index is 0.0176. The van der Waals surface area contributed by atoms with Gasteiger partial charge in [0, 0.05) is 11.6 Å². The molecule has 0 aliphatic heterocycles. The van der Waals surface area contributed by atoms with Gasteiger partial charge in [0.15, 0.2) is 0 Å². The van der Waals surface area contributed by atoms with Crippen LogP contribution in [0, 0.1) is 5.82 Å². The molecule has 0 aromatic heterocycles. The summed E-state index contributed by atoms with van der Waals surface area (Å²) < 4.78 is 40.2. The van der Waals surface area contributed by atoms with Crippen LogP contribution in [0.15, 0.2) is 53.4 Å². The van der Waals surface area contributed by atoms with Crippen molar-refractivity contribution in [2.24, 2.45) is 0 Å². The minimum atomic E-state index is -3.55. The van der Waals surface area contributed by atoms with Gasteiger partial charge in [-0.25, -0.2) is 17.5 Å². The highest BCUT2D eigenvalue weighted by atomic mass is 32.2. The summed E-state index contributed by atoms with van der Waals surface area (Å²) in [6, 6.07) is 11.4. The second-order valence-electron chi connectivity index (χ2n) is 5.35. The van der Waals surface area contributed by atoms with Gasteiger partial charge in [0.1, 0.15) is 5.82 Å². The predicted octanol–water partition coefficient (Wildman–Crippen LogP) is 2.52. The third-order valence-electron chi connectivity index (χ3n) is 3.45. The van der Waals surface area contributed by atoms with E-state index >= 15 is 0 Å². The summed E-state index contributed by atoms with van der Waals surface area (Å²) in [7, 11) is -3.55. The molecule has 0 radical (unpaired) electrons. The first-order valence-corrected chi connectivity index (χ1v) is 8.62. The lowest BCUT2D eigenvalue weighted by molar-refractivity contribution is 0.102. The fourth-order valence-corrected chi connectivity index (χ4v) is 3.34. The number of para-hydroxylation sites is 1. The Bertz CT molecular complexity index is 831. The van der Waals surface area contributed by atoms with Gasteiger partial charge in [0.05, 0.1) is 10.6 Å². The van der Waals surface area contributed by atoms with E-state index in [1.165, 1.54) is 42.5 Å².